The Morgan fingerprint density at radius 3 is 2.62 bits per heavy atom. The van der Waals surface area contributed by atoms with Gasteiger partial charge < -0.3 is 20.1 Å². The highest BCUT2D eigenvalue weighted by Gasteiger charge is 2.24. The van der Waals surface area contributed by atoms with E-state index in [2.05, 4.69) is 10.6 Å². The molecule has 2 N–H and O–H groups in total. The molecule has 2 aromatic carbocycles. The van der Waals surface area contributed by atoms with E-state index in [1.54, 1.807) is 24.3 Å². The average molecular weight is 396 g/mol. The number of hydrogen-bond donors (Lipinski definition) is 2. The first-order chi connectivity index (χ1) is 13.7. The van der Waals surface area contributed by atoms with E-state index in [1.807, 2.05) is 46.8 Å². The van der Waals surface area contributed by atoms with E-state index in [0.717, 1.165) is 17.7 Å². The van der Waals surface area contributed by atoms with Crippen LogP contribution in [0.15, 0.2) is 36.4 Å². The van der Waals surface area contributed by atoms with Crippen LogP contribution in [0.25, 0.3) is 0 Å². The Labute approximate surface area is 171 Å². The fraction of sp³-hybridized carbons (Fsp3) is 0.391. The first-order valence-electron chi connectivity index (χ1n) is 9.86. The summed E-state index contributed by atoms with van der Waals surface area (Å²) in [6.07, 6.45) is 0.924. The minimum Gasteiger partial charge on any atom is -0.492 e. The number of rotatable bonds is 5. The zero-order chi connectivity index (χ0) is 21.2. The topological polar surface area (TPSA) is 76.7 Å². The minimum atomic E-state index is -0.522. The number of anilines is 2. The Kier molecular flexibility index (Phi) is 5.82. The number of amides is 2. The molecule has 1 unspecified atom stereocenters. The number of fused-ring (bicyclic) bond motifs is 1. The largest absolute Gasteiger partial charge is 0.492 e. The number of benzene rings is 2. The average Bonchev–Trinajstić information content (AvgIpc) is 3.00. The third-order valence-electron chi connectivity index (χ3n) is 4.61. The molecule has 0 saturated carbocycles. The lowest BCUT2D eigenvalue weighted by molar-refractivity contribution is -0.123. The van der Waals surface area contributed by atoms with Gasteiger partial charge >= 0.3 is 0 Å². The molecule has 0 aliphatic carbocycles. The summed E-state index contributed by atoms with van der Waals surface area (Å²) in [6, 6.07) is 10.6. The summed E-state index contributed by atoms with van der Waals surface area (Å²) in [5.41, 5.74) is 2.13. The lowest BCUT2D eigenvalue weighted by atomic mass is 9.95. The van der Waals surface area contributed by atoms with Gasteiger partial charge in [0.05, 0.1) is 12.3 Å². The SMILES string of the molecule is CCOc1cc2c(cc1NC(=O)c1cccc(NC(=O)C(C)(C)C)c1)OC(C)C2. The number of hydrogen-bond acceptors (Lipinski definition) is 4. The molecule has 2 amide bonds. The van der Waals surface area contributed by atoms with Crippen molar-refractivity contribution in [2.75, 3.05) is 17.2 Å². The maximum atomic E-state index is 12.8. The first kappa shape index (κ1) is 20.7. The molecule has 0 radical (unpaired) electrons. The molecule has 0 bridgehead atoms. The third-order valence-corrected chi connectivity index (χ3v) is 4.61. The standard InChI is InChI=1S/C23H28N2O4/c1-6-28-20-12-16-10-14(2)29-19(16)13-18(20)25-21(26)15-8-7-9-17(11-15)24-22(27)23(3,4)5/h7-9,11-14H,6,10H2,1-5H3,(H,24,27)(H,25,26). The van der Waals surface area contributed by atoms with Gasteiger partial charge in [0.25, 0.3) is 5.91 Å². The predicted octanol–water partition coefficient (Wildman–Crippen LogP) is 4.65. The molecule has 154 valence electrons. The van der Waals surface area contributed by atoms with Crippen LogP contribution in [0, 0.1) is 5.41 Å². The highest BCUT2D eigenvalue weighted by Crippen LogP contribution is 2.38. The van der Waals surface area contributed by atoms with Gasteiger partial charge in [-0.15, -0.1) is 0 Å². The molecule has 29 heavy (non-hydrogen) atoms. The van der Waals surface area contributed by atoms with Crippen molar-refractivity contribution < 1.29 is 19.1 Å². The van der Waals surface area contributed by atoms with Crippen LogP contribution in [0.3, 0.4) is 0 Å². The molecule has 0 spiro atoms. The molecule has 1 aliphatic rings. The molecular weight excluding hydrogens is 368 g/mol. The molecule has 1 heterocycles. The Hall–Kier alpha value is -3.02. The van der Waals surface area contributed by atoms with Gasteiger partial charge in [-0.3, -0.25) is 9.59 Å². The lowest BCUT2D eigenvalue weighted by Gasteiger charge is -2.18. The zero-order valence-corrected chi connectivity index (χ0v) is 17.6. The second-order valence-electron chi connectivity index (χ2n) is 8.26. The molecule has 1 aliphatic heterocycles. The summed E-state index contributed by atoms with van der Waals surface area (Å²) in [5.74, 6) is 0.985. The Morgan fingerprint density at radius 2 is 1.93 bits per heavy atom. The Bertz CT molecular complexity index is 931. The van der Waals surface area contributed by atoms with Crippen LogP contribution < -0.4 is 20.1 Å². The van der Waals surface area contributed by atoms with Crippen molar-refractivity contribution in [3.63, 3.8) is 0 Å². The van der Waals surface area contributed by atoms with Crippen molar-refractivity contribution in [2.45, 2.75) is 47.1 Å². The summed E-state index contributed by atoms with van der Waals surface area (Å²) in [5, 5.41) is 5.76. The van der Waals surface area contributed by atoms with Crippen LogP contribution in [0.2, 0.25) is 0 Å². The van der Waals surface area contributed by atoms with Crippen molar-refractivity contribution in [3.05, 3.63) is 47.5 Å². The summed E-state index contributed by atoms with van der Waals surface area (Å²) in [7, 11) is 0. The van der Waals surface area contributed by atoms with Gasteiger partial charge in [0.1, 0.15) is 17.6 Å². The van der Waals surface area contributed by atoms with Crippen molar-refractivity contribution in [3.8, 4) is 11.5 Å². The van der Waals surface area contributed by atoms with Crippen LogP contribution >= 0.6 is 0 Å². The maximum absolute atomic E-state index is 12.8. The van der Waals surface area contributed by atoms with Crippen LogP contribution in [0.1, 0.15) is 50.5 Å². The number of carbonyl (C=O) groups is 2. The second-order valence-corrected chi connectivity index (χ2v) is 8.26. The molecule has 0 saturated heterocycles. The van der Waals surface area contributed by atoms with E-state index in [-0.39, 0.29) is 17.9 Å². The number of ether oxygens (including phenoxy) is 2. The van der Waals surface area contributed by atoms with Gasteiger partial charge in [0, 0.05) is 34.7 Å². The van der Waals surface area contributed by atoms with E-state index in [4.69, 9.17) is 9.47 Å². The van der Waals surface area contributed by atoms with Crippen molar-refractivity contribution in [2.24, 2.45) is 5.41 Å². The molecule has 2 aromatic rings. The summed E-state index contributed by atoms with van der Waals surface area (Å²) >= 11 is 0. The smallest absolute Gasteiger partial charge is 0.255 e. The monoisotopic (exact) mass is 396 g/mol. The Morgan fingerprint density at radius 1 is 1.17 bits per heavy atom. The molecule has 1 atom stereocenters. The number of nitrogens with one attached hydrogen (secondary N) is 2. The third kappa shape index (κ3) is 4.88. The van der Waals surface area contributed by atoms with Gasteiger partial charge in [0.2, 0.25) is 5.91 Å². The van der Waals surface area contributed by atoms with E-state index < -0.39 is 5.41 Å². The fourth-order valence-electron chi connectivity index (χ4n) is 3.06. The normalized spacial score (nSPS) is 15.3. The van der Waals surface area contributed by atoms with Crippen molar-refractivity contribution in [1.29, 1.82) is 0 Å². The van der Waals surface area contributed by atoms with Gasteiger partial charge in [-0.05, 0) is 38.1 Å². The van der Waals surface area contributed by atoms with Gasteiger partial charge in [-0.2, -0.15) is 0 Å². The molecule has 6 nitrogen and oxygen atoms in total. The van der Waals surface area contributed by atoms with Crippen LogP contribution in [0.5, 0.6) is 11.5 Å². The van der Waals surface area contributed by atoms with Crippen LogP contribution in [-0.4, -0.2) is 24.5 Å². The Balaban J connectivity index is 1.81. The molecule has 3 rings (SSSR count). The summed E-state index contributed by atoms with van der Waals surface area (Å²) < 4.78 is 11.5. The minimum absolute atomic E-state index is 0.105. The van der Waals surface area contributed by atoms with Crippen molar-refractivity contribution >= 4 is 23.2 Å². The van der Waals surface area contributed by atoms with Gasteiger partial charge in [0.15, 0.2) is 0 Å². The van der Waals surface area contributed by atoms with Crippen molar-refractivity contribution in [1.82, 2.24) is 0 Å². The van der Waals surface area contributed by atoms with E-state index in [0.29, 0.717) is 29.3 Å². The van der Waals surface area contributed by atoms with Crippen LogP contribution in [-0.2, 0) is 11.2 Å². The highest BCUT2D eigenvalue weighted by molar-refractivity contribution is 6.06. The number of carbonyl (C=O) groups excluding carboxylic acids is 2. The quantitative estimate of drug-likeness (QED) is 0.772. The zero-order valence-electron chi connectivity index (χ0n) is 17.6. The molecule has 0 aromatic heterocycles. The van der Waals surface area contributed by atoms with E-state index in [9.17, 15) is 9.59 Å². The van der Waals surface area contributed by atoms with Crippen LogP contribution in [0.4, 0.5) is 11.4 Å². The van der Waals surface area contributed by atoms with E-state index in [1.165, 1.54) is 0 Å². The highest BCUT2D eigenvalue weighted by atomic mass is 16.5. The second kappa shape index (κ2) is 8.15. The molecular formula is C23H28N2O4. The predicted molar refractivity (Wildman–Crippen MR) is 114 cm³/mol. The van der Waals surface area contributed by atoms with E-state index >= 15 is 0 Å². The van der Waals surface area contributed by atoms with Gasteiger partial charge in [-0.25, -0.2) is 0 Å². The molecule has 6 heteroatoms. The maximum Gasteiger partial charge on any atom is 0.255 e. The molecule has 0 fully saturated rings. The first-order valence-corrected chi connectivity index (χ1v) is 9.86. The lowest BCUT2D eigenvalue weighted by Crippen LogP contribution is -2.27. The van der Waals surface area contributed by atoms with Gasteiger partial charge in [-0.1, -0.05) is 26.8 Å². The fourth-order valence-corrected chi connectivity index (χ4v) is 3.06. The summed E-state index contributed by atoms with van der Waals surface area (Å²) in [6.45, 7) is 9.92. The summed E-state index contributed by atoms with van der Waals surface area (Å²) in [4.78, 5) is 25.1.